The van der Waals surface area contributed by atoms with Gasteiger partial charge in [-0.2, -0.15) is 9.37 Å². The van der Waals surface area contributed by atoms with Crippen LogP contribution in [0.1, 0.15) is 30.5 Å². The second-order valence-corrected chi connectivity index (χ2v) is 3.47. The van der Waals surface area contributed by atoms with Crippen molar-refractivity contribution in [2.45, 2.75) is 32.1 Å². The first-order chi connectivity index (χ1) is 6.81. The fourth-order valence-electron chi connectivity index (χ4n) is 1.86. The molecule has 1 aliphatic rings. The molecule has 1 aliphatic carbocycles. The highest BCUT2D eigenvalue weighted by atomic mass is 19.1. The maximum atomic E-state index is 13.0. The minimum absolute atomic E-state index is 0.439. The minimum atomic E-state index is -0.696. The standard InChI is InChI=1S/C9H13FN4/c10-9-12-7-5-3-1-2-4-6(7)8(13-9)14-11/h1-5,11H2,(H,12,13,14). The first kappa shape index (κ1) is 9.33. The number of rotatable bonds is 1. The van der Waals surface area contributed by atoms with Crippen molar-refractivity contribution in [3.63, 3.8) is 0 Å². The molecular formula is C9H13FN4. The summed E-state index contributed by atoms with van der Waals surface area (Å²) in [6.45, 7) is 0. The minimum Gasteiger partial charge on any atom is -0.308 e. The molecule has 2 rings (SSSR count). The van der Waals surface area contributed by atoms with Crippen molar-refractivity contribution in [1.82, 2.24) is 9.97 Å². The van der Waals surface area contributed by atoms with Gasteiger partial charge in [0.25, 0.3) is 0 Å². The van der Waals surface area contributed by atoms with Gasteiger partial charge >= 0.3 is 6.08 Å². The molecule has 14 heavy (non-hydrogen) atoms. The van der Waals surface area contributed by atoms with E-state index in [1.807, 2.05) is 0 Å². The highest BCUT2D eigenvalue weighted by molar-refractivity contribution is 5.45. The SMILES string of the molecule is NNc1nc(F)nc2c1CCCCC2. The van der Waals surface area contributed by atoms with Gasteiger partial charge in [0.2, 0.25) is 0 Å². The normalized spacial score (nSPS) is 15.9. The van der Waals surface area contributed by atoms with Crippen molar-refractivity contribution in [1.29, 1.82) is 0 Å². The third-order valence-electron chi connectivity index (χ3n) is 2.54. The number of nitrogens with zero attached hydrogens (tertiary/aromatic N) is 2. The average molecular weight is 196 g/mol. The van der Waals surface area contributed by atoms with Crippen LogP contribution in [-0.2, 0) is 12.8 Å². The van der Waals surface area contributed by atoms with Crippen LogP contribution in [0.3, 0.4) is 0 Å². The summed E-state index contributed by atoms with van der Waals surface area (Å²) in [5, 5.41) is 0. The third-order valence-corrected chi connectivity index (χ3v) is 2.54. The van der Waals surface area contributed by atoms with Gasteiger partial charge in [-0.1, -0.05) is 6.42 Å². The Hall–Kier alpha value is -1.23. The number of nitrogens with two attached hydrogens (primary N) is 1. The first-order valence-corrected chi connectivity index (χ1v) is 4.83. The highest BCUT2D eigenvalue weighted by Crippen LogP contribution is 2.23. The molecule has 76 valence electrons. The molecule has 3 N–H and O–H groups in total. The zero-order valence-electron chi connectivity index (χ0n) is 7.89. The van der Waals surface area contributed by atoms with E-state index >= 15 is 0 Å². The number of halogens is 1. The Morgan fingerprint density at radius 3 is 2.71 bits per heavy atom. The lowest BCUT2D eigenvalue weighted by atomic mass is 10.1. The van der Waals surface area contributed by atoms with E-state index in [1.54, 1.807) is 0 Å². The van der Waals surface area contributed by atoms with Crippen LogP contribution in [0.5, 0.6) is 0 Å². The summed E-state index contributed by atoms with van der Waals surface area (Å²) >= 11 is 0. The molecule has 0 spiro atoms. The summed E-state index contributed by atoms with van der Waals surface area (Å²) in [5.41, 5.74) is 4.22. The smallest absolute Gasteiger partial charge is 0.308 e. The zero-order chi connectivity index (χ0) is 9.97. The van der Waals surface area contributed by atoms with E-state index in [0.717, 1.165) is 43.4 Å². The van der Waals surface area contributed by atoms with Crippen molar-refractivity contribution in [2.24, 2.45) is 5.84 Å². The number of nitrogen functional groups attached to an aromatic ring is 1. The van der Waals surface area contributed by atoms with E-state index in [1.165, 1.54) is 0 Å². The number of anilines is 1. The van der Waals surface area contributed by atoms with Crippen LogP contribution in [0.4, 0.5) is 10.2 Å². The van der Waals surface area contributed by atoms with Gasteiger partial charge in [0, 0.05) is 5.56 Å². The molecule has 0 atom stereocenters. The van der Waals surface area contributed by atoms with E-state index in [4.69, 9.17) is 5.84 Å². The number of hydrazine groups is 1. The molecule has 4 nitrogen and oxygen atoms in total. The molecule has 0 unspecified atom stereocenters. The van der Waals surface area contributed by atoms with Gasteiger partial charge in [0.05, 0.1) is 5.69 Å². The van der Waals surface area contributed by atoms with Gasteiger partial charge in [-0.15, -0.1) is 0 Å². The molecule has 0 radical (unpaired) electrons. The van der Waals surface area contributed by atoms with Gasteiger partial charge in [-0.05, 0) is 25.7 Å². The fraction of sp³-hybridized carbons (Fsp3) is 0.556. The Bertz CT molecular complexity index is 340. The van der Waals surface area contributed by atoms with E-state index in [-0.39, 0.29) is 0 Å². The van der Waals surface area contributed by atoms with E-state index in [0.29, 0.717) is 5.82 Å². The van der Waals surface area contributed by atoms with Crippen molar-refractivity contribution in [2.75, 3.05) is 5.43 Å². The Morgan fingerprint density at radius 1 is 1.14 bits per heavy atom. The quantitative estimate of drug-likeness (QED) is 0.306. The number of nitrogens with one attached hydrogen (secondary N) is 1. The molecule has 0 aliphatic heterocycles. The largest absolute Gasteiger partial charge is 0.310 e. The lowest BCUT2D eigenvalue weighted by molar-refractivity contribution is 0.531. The summed E-state index contributed by atoms with van der Waals surface area (Å²) in [6, 6.07) is 0. The van der Waals surface area contributed by atoms with Crippen LogP contribution >= 0.6 is 0 Å². The summed E-state index contributed by atoms with van der Waals surface area (Å²) in [5.74, 6) is 5.73. The van der Waals surface area contributed by atoms with Gasteiger partial charge in [-0.25, -0.2) is 10.8 Å². The second-order valence-electron chi connectivity index (χ2n) is 3.47. The predicted octanol–water partition coefficient (Wildman–Crippen LogP) is 1.17. The van der Waals surface area contributed by atoms with Crippen LogP contribution in [0.15, 0.2) is 0 Å². The summed E-state index contributed by atoms with van der Waals surface area (Å²) in [4.78, 5) is 7.44. The van der Waals surface area contributed by atoms with E-state index < -0.39 is 6.08 Å². The molecule has 0 fully saturated rings. The highest BCUT2D eigenvalue weighted by Gasteiger charge is 2.15. The first-order valence-electron chi connectivity index (χ1n) is 4.83. The number of aryl methyl sites for hydroxylation is 1. The van der Waals surface area contributed by atoms with Crippen molar-refractivity contribution in [3.05, 3.63) is 17.3 Å². The number of fused-ring (bicyclic) bond motifs is 1. The Labute approximate surface area is 81.7 Å². The average Bonchev–Trinajstić information content (AvgIpc) is 2.41. The lowest BCUT2D eigenvalue weighted by Gasteiger charge is -2.09. The molecule has 0 bridgehead atoms. The van der Waals surface area contributed by atoms with Crippen LogP contribution < -0.4 is 11.3 Å². The second kappa shape index (κ2) is 3.88. The fourth-order valence-corrected chi connectivity index (χ4v) is 1.86. The summed E-state index contributed by atoms with van der Waals surface area (Å²) < 4.78 is 13.0. The number of aromatic nitrogens is 2. The van der Waals surface area contributed by atoms with Gasteiger partial charge < -0.3 is 5.43 Å². The molecular weight excluding hydrogens is 183 g/mol. The third kappa shape index (κ3) is 1.68. The van der Waals surface area contributed by atoms with Crippen LogP contribution in [-0.4, -0.2) is 9.97 Å². The van der Waals surface area contributed by atoms with E-state index in [9.17, 15) is 4.39 Å². The maximum absolute atomic E-state index is 13.0. The molecule has 0 saturated heterocycles. The lowest BCUT2D eigenvalue weighted by Crippen LogP contribution is -2.14. The Kier molecular flexibility index (Phi) is 2.58. The Morgan fingerprint density at radius 2 is 1.93 bits per heavy atom. The molecule has 1 aromatic heterocycles. The van der Waals surface area contributed by atoms with Gasteiger partial charge in [-0.3, -0.25) is 0 Å². The van der Waals surface area contributed by atoms with Gasteiger partial charge in [0.1, 0.15) is 5.82 Å². The number of hydrogen-bond donors (Lipinski definition) is 2. The molecule has 1 aromatic rings. The van der Waals surface area contributed by atoms with Crippen LogP contribution in [0.2, 0.25) is 0 Å². The van der Waals surface area contributed by atoms with Crippen LogP contribution in [0, 0.1) is 6.08 Å². The predicted molar refractivity (Wildman–Crippen MR) is 51.1 cm³/mol. The summed E-state index contributed by atoms with van der Waals surface area (Å²) in [7, 11) is 0. The van der Waals surface area contributed by atoms with Crippen molar-refractivity contribution < 1.29 is 4.39 Å². The van der Waals surface area contributed by atoms with Gasteiger partial charge in [0.15, 0.2) is 0 Å². The van der Waals surface area contributed by atoms with Crippen LogP contribution in [0.25, 0.3) is 0 Å². The topological polar surface area (TPSA) is 63.8 Å². The monoisotopic (exact) mass is 196 g/mol. The molecule has 0 aromatic carbocycles. The Balaban J connectivity index is 2.46. The number of hydrogen-bond acceptors (Lipinski definition) is 4. The van der Waals surface area contributed by atoms with Crippen molar-refractivity contribution >= 4 is 5.82 Å². The zero-order valence-corrected chi connectivity index (χ0v) is 7.89. The van der Waals surface area contributed by atoms with E-state index in [2.05, 4.69) is 15.4 Å². The van der Waals surface area contributed by atoms with Crippen molar-refractivity contribution in [3.8, 4) is 0 Å². The molecule has 1 heterocycles. The molecule has 5 heteroatoms. The maximum Gasteiger partial charge on any atom is 0.310 e. The molecule has 0 saturated carbocycles. The summed E-state index contributed by atoms with van der Waals surface area (Å²) in [6.07, 6.45) is 4.32. The molecule has 0 amide bonds.